The largest absolute Gasteiger partial charge is 0.464 e. The van der Waals surface area contributed by atoms with E-state index in [1.54, 1.807) is 0 Å². The Bertz CT molecular complexity index is 677. The van der Waals surface area contributed by atoms with Gasteiger partial charge in [-0.25, -0.2) is 4.79 Å². The molecule has 9 heteroatoms. The molecule has 26 heavy (non-hydrogen) atoms. The van der Waals surface area contributed by atoms with Crippen molar-refractivity contribution in [1.29, 1.82) is 0 Å². The van der Waals surface area contributed by atoms with Gasteiger partial charge in [0.25, 0.3) is 0 Å². The van der Waals surface area contributed by atoms with Gasteiger partial charge in [0.15, 0.2) is 0 Å². The van der Waals surface area contributed by atoms with Gasteiger partial charge >= 0.3 is 12.1 Å². The normalized spacial score (nSPS) is 18.5. The molecule has 1 fully saturated rings. The predicted molar refractivity (Wildman–Crippen MR) is 90.2 cm³/mol. The predicted octanol–water partition coefficient (Wildman–Crippen LogP) is 2.55. The number of amides is 1. The van der Waals surface area contributed by atoms with Crippen molar-refractivity contribution >= 4 is 23.3 Å². The number of hydrogen-bond donors (Lipinski definition) is 3. The number of nitrogen functional groups attached to an aromatic ring is 1. The van der Waals surface area contributed by atoms with Crippen LogP contribution < -0.4 is 16.4 Å². The summed E-state index contributed by atoms with van der Waals surface area (Å²) in [4.78, 5) is 24.0. The highest BCUT2D eigenvalue weighted by molar-refractivity contribution is 5.90. The molecule has 0 saturated carbocycles. The first kappa shape index (κ1) is 19.9. The van der Waals surface area contributed by atoms with Gasteiger partial charge in [-0.05, 0) is 30.5 Å². The molecule has 6 nitrogen and oxygen atoms in total. The lowest BCUT2D eigenvalue weighted by atomic mass is 10.0. The van der Waals surface area contributed by atoms with Gasteiger partial charge in [0.2, 0.25) is 5.91 Å². The quantitative estimate of drug-likeness (QED) is 0.526. The van der Waals surface area contributed by atoms with Crippen LogP contribution >= 0.6 is 0 Å². The van der Waals surface area contributed by atoms with Crippen molar-refractivity contribution in [3.63, 3.8) is 0 Å². The minimum atomic E-state index is -4.50. The minimum absolute atomic E-state index is 0.110. The standard InChI is InChI=1S/C17H22F3N3O3/c1-9(2)7-14(15(24)23-13-5-6-26-16(13)25)22-12-4-3-10(8-11(12)21)17(18,19)20/h3-4,8-9,13-14,22H,5-7,21H2,1-2H3,(H,23,24)/t13-,14-/m0/s1. The molecule has 2 rings (SSSR count). The van der Waals surface area contributed by atoms with Crippen molar-refractivity contribution in [2.24, 2.45) is 5.92 Å². The van der Waals surface area contributed by atoms with Crippen LogP contribution in [0.1, 0.15) is 32.3 Å². The van der Waals surface area contributed by atoms with Gasteiger partial charge in [0, 0.05) is 6.42 Å². The molecule has 1 aromatic carbocycles. The molecule has 0 radical (unpaired) electrons. The van der Waals surface area contributed by atoms with Gasteiger partial charge in [-0.1, -0.05) is 13.8 Å². The number of benzene rings is 1. The second kappa shape index (κ2) is 7.84. The summed E-state index contributed by atoms with van der Waals surface area (Å²) in [5, 5.41) is 5.50. The SMILES string of the molecule is CC(C)C[C@H](Nc1ccc(C(F)(F)F)cc1N)C(=O)N[C@H]1CCOC1=O. The Balaban J connectivity index is 2.14. The van der Waals surface area contributed by atoms with Crippen molar-refractivity contribution in [2.75, 3.05) is 17.7 Å². The van der Waals surface area contributed by atoms with Crippen LogP contribution in [0.25, 0.3) is 0 Å². The third kappa shape index (κ3) is 5.03. The molecular weight excluding hydrogens is 351 g/mol. The molecule has 1 aromatic rings. The number of ether oxygens (including phenoxy) is 1. The summed E-state index contributed by atoms with van der Waals surface area (Å²) in [6.07, 6.45) is -3.69. The van der Waals surface area contributed by atoms with Crippen LogP contribution in [0.5, 0.6) is 0 Å². The Labute approximate surface area is 149 Å². The van der Waals surface area contributed by atoms with E-state index in [9.17, 15) is 22.8 Å². The number of hydrogen-bond acceptors (Lipinski definition) is 5. The third-order valence-electron chi connectivity index (χ3n) is 3.98. The molecule has 1 saturated heterocycles. The first-order chi connectivity index (χ1) is 12.1. The maximum Gasteiger partial charge on any atom is 0.416 e. The van der Waals surface area contributed by atoms with Gasteiger partial charge in [0.1, 0.15) is 12.1 Å². The van der Waals surface area contributed by atoms with Gasteiger partial charge in [-0.2, -0.15) is 13.2 Å². The van der Waals surface area contributed by atoms with E-state index in [0.29, 0.717) is 12.8 Å². The maximum atomic E-state index is 12.7. The maximum absolute atomic E-state index is 12.7. The molecule has 1 heterocycles. The zero-order valence-corrected chi connectivity index (χ0v) is 14.5. The number of carbonyl (C=O) groups is 2. The lowest BCUT2D eigenvalue weighted by Gasteiger charge is -2.23. The molecule has 0 bridgehead atoms. The van der Waals surface area contributed by atoms with Crippen LogP contribution in [0.15, 0.2) is 18.2 Å². The molecule has 1 amide bonds. The van der Waals surface area contributed by atoms with Gasteiger partial charge in [-0.15, -0.1) is 0 Å². The average Bonchev–Trinajstić information content (AvgIpc) is 2.92. The smallest absolute Gasteiger partial charge is 0.416 e. The molecule has 1 aliphatic heterocycles. The highest BCUT2D eigenvalue weighted by Gasteiger charge is 2.32. The van der Waals surface area contributed by atoms with Crippen molar-refractivity contribution < 1.29 is 27.5 Å². The summed E-state index contributed by atoms with van der Waals surface area (Å²) in [7, 11) is 0. The average molecular weight is 373 g/mol. The molecule has 1 aliphatic rings. The summed E-state index contributed by atoms with van der Waals surface area (Å²) in [6, 6.07) is 1.47. The number of halogens is 3. The van der Waals surface area contributed by atoms with Gasteiger partial charge in [-0.3, -0.25) is 4.79 Å². The van der Waals surface area contributed by atoms with E-state index in [1.807, 2.05) is 13.8 Å². The molecule has 4 N–H and O–H groups in total. The summed E-state index contributed by atoms with van der Waals surface area (Å²) in [5.74, 6) is -0.790. The highest BCUT2D eigenvalue weighted by atomic mass is 19.4. The monoisotopic (exact) mass is 373 g/mol. The summed E-state index contributed by atoms with van der Waals surface area (Å²) in [5.41, 5.74) is 4.97. The van der Waals surface area contributed by atoms with E-state index < -0.39 is 35.7 Å². The molecule has 0 spiro atoms. The number of nitrogens with two attached hydrogens (primary N) is 1. The second-order valence-electron chi connectivity index (χ2n) is 6.64. The third-order valence-corrected chi connectivity index (χ3v) is 3.98. The molecule has 0 aliphatic carbocycles. The summed E-state index contributed by atoms with van der Waals surface area (Å²) >= 11 is 0. The lowest BCUT2D eigenvalue weighted by Crippen LogP contribution is -2.46. The Hall–Kier alpha value is -2.45. The fourth-order valence-electron chi connectivity index (χ4n) is 2.66. The number of carbonyl (C=O) groups excluding carboxylic acids is 2. The number of anilines is 2. The highest BCUT2D eigenvalue weighted by Crippen LogP contribution is 2.33. The second-order valence-corrected chi connectivity index (χ2v) is 6.64. The lowest BCUT2D eigenvalue weighted by molar-refractivity contribution is -0.141. The Morgan fingerprint density at radius 2 is 2.08 bits per heavy atom. The summed E-state index contributed by atoms with van der Waals surface area (Å²) in [6.45, 7) is 4.06. The van der Waals surface area contributed by atoms with E-state index in [4.69, 9.17) is 10.5 Å². The number of rotatable bonds is 6. The van der Waals surface area contributed by atoms with Gasteiger partial charge in [0.05, 0.1) is 23.5 Å². The zero-order chi connectivity index (χ0) is 19.5. The van der Waals surface area contributed by atoms with E-state index in [-0.39, 0.29) is 23.9 Å². The van der Waals surface area contributed by atoms with Crippen LogP contribution in [-0.2, 0) is 20.5 Å². The fraction of sp³-hybridized carbons (Fsp3) is 0.529. The number of esters is 1. The van der Waals surface area contributed by atoms with Crippen LogP contribution in [0, 0.1) is 5.92 Å². The van der Waals surface area contributed by atoms with Crippen molar-refractivity contribution in [3.8, 4) is 0 Å². The van der Waals surface area contributed by atoms with Crippen LogP contribution in [-0.4, -0.2) is 30.6 Å². The van der Waals surface area contributed by atoms with Gasteiger partial charge < -0.3 is 21.1 Å². The van der Waals surface area contributed by atoms with E-state index in [0.717, 1.165) is 12.1 Å². The minimum Gasteiger partial charge on any atom is -0.464 e. The van der Waals surface area contributed by atoms with Crippen LogP contribution in [0.2, 0.25) is 0 Å². The zero-order valence-electron chi connectivity index (χ0n) is 14.5. The molecule has 0 unspecified atom stereocenters. The fourth-order valence-corrected chi connectivity index (χ4v) is 2.66. The Morgan fingerprint density at radius 1 is 1.38 bits per heavy atom. The Morgan fingerprint density at radius 3 is 2.58 bits per heavy atom. The Kier molecular flexibility index (Phi) is 5.99. The topological polar surface area (TPSA) is 93.4 Å². The number of cyclic esters (lactones) is 1. The van der Waals surface area contributed by atoms with E-state index >= 15 is 0 Å². The van der Waals surface area contributed by atoms with Crippen LogP contribution in [0.3, 0.4) is 0 Å². The first-order valence-electron chi connectivity index (χ1n) is 8.28. The van der Waals surface area contributed by atoms with Crippen LogP contribution in [0.4, 0.5) is 24.5 Å². The first-order valence-corrected chi connectivity index (χ1v) is 8.28. The van der Waals surface area contributed by atoms with Crippen molar-refractivity contribution in [1.82, 2.24) is 5.32 Å². The van der Waals surface area contributed by atoms with E-state index in [1.165, 1.54) is 6.07 Å². The summed E-state index contributed by atoms with van der Waals surface area (Å²) < 4.78 is 43.0. The number of alkyl halides is 3. The van der Waals surface area contributed by atoms with E-state index in [2.05, 4.69) is 10.6 Å². The number of nitrogens with one attached hydrogen (secondary N) is 2. The molecule has 0 aromatic heterocycles. The van der Waals surface area contributed by atoms with Crippen molar-refractivity contribution in [2.45, 2.75) is 44.9 Å². The molecular formula is C17H22F3N3O3. The van der Waals surface area contributed by atoms with Crippen molar-refractivity contribution in [3.05, 3.63) is 23.8 Å². The molecule has 2 atom stereocenters. The molecule has 144 valence electrons.